The number of hydrogen-bond donors (Lipinski definition) is 3. The number of hydrogen-bond acceptors (Lipinski definition) is 10. The molecule has 10 nitrogen and oxygen atoms in total. The molecule has 1 heterocycles. The third-order valence-electron chi connectivity index (χ3n) is 6.14. The first-order chi connectivity index (χ1) is 19.7. The number of nitrogens with one attached hydrogen (secondary N) is 1. The molecule has 0 aliphatic heterocycles. The zero-order valence-corrected chi connectivity index (χ0v) is 23.4. The number of fused-ring (bicyclic) bond motifs is 1. The lowest BCUT2D eigenvalue weighted by Gasteiger charge is -2.09. The molecule has 1 aromatic heterocycles. The van der Waals surface area contributed by atoms with E-state index in [9.17, 15) is 18.6 Å². The third-order valence-corrected chi connectivity index (χ3v) is 8.25. The Labute approximate surface area is 241 Å². The SMILES string of the molecule is CCCS(=O)(=O)c1ccc(Nc2nc(Cl)nc(Cc3ccc4c(O)c(N=Nc5ccccc5O)ccc4c3)n2)cc1. The molecule has 0 fully saturated rings. The summed E-state index contributed by atoms with van der Waals surface area (Å²) in [6.07, 6.45) is 0.886. The van der Waals surface area contributed by atoms with Crippen molar-refractivity contribution in [2.75, 3.05) is 11.1 Å². The Bertz CT molecular complexity index is 1860. The molecule has 208 valence electrons. The van der Waals surface area contributed by atoms with Gasteiger partial charge in [0.25, 0.3) is 0 Å². The number of sulfone groups is 1. The molecular weight excluding hydrogens is 564 g/mol. The highest BCUT2D eigenvalue weighted by molar-refractivity contribution is 7.91. The second-order valence-electron chi connectivity index (χ2n) is 9.17. The Morgan fingerprint density at radius 3 is 2.39 bits per heavy atom. The summed E-state index contributed by atoms with van der Waals surface area (Å²) >= 11 is 6.17. The summed E-state index contributed by atoms with van der Waals surface area (Å²) in [5.74, 6) is 0.700. The van der Waals surface area contributed by atoms with E-state index in [2.05, 4.69) is 30.5 Å². The normalized spacial score (nSPS) is 11.8. The lowest BCUT2D eigenvalue weighted by Crippen LogP contribution is -2.06. The van der Waals surface area contributed by atoms with Crippen LogP contribution >= 0.6 is 11.6 Å². The van der Waals surface area contributed by atoms with E-state index in [0.29, 0.717) is 35.4 Å². The fourth-order valence-corrected chi connectivity index (χ4v) is 5.67. The topological polar surface area (TPSA) is 150 Å². The third kappa shape index (κ3) is 6.59. The lowest BCUT2D eigenvalue weighted by molar-refractivity contribution is 0.475. The molecule has 41 heavy (non-hydrogen) atoms. The van der Waals surface area contributed by atoms with E-state index >= 15 is 0 Å². The largest absolute Gasteiger partial charge is 0.506 e. The second-order valence-corrected chi connectivity index (χ2v) is 11.6. The number of para-hydroxylation sites is 1. The Balaban J connectivity index is 1.33. The van der Waals surface area contributed by atoms with Gasteiger partial charge in [0, 0.05) is 17.5 Å². The molecule has 0 saturated carbocycles. The van der Waals surface area contributed by atoms with Crippen molar-refractivity contribution in [1.82, 2.24) is 15.0 Å². The number of anilines is 2. The van der Waals surface area contributed by atoms with Crippen LogP contribution in [0.4, 0.5) is 23.0 Å². The van der Waals surface area contributed by atoms with Crippen LogP contribution in [-0.4, -0.2) is 39.3 Å². The van der Waals surface area contributed by atoms with Crippen molar-refractivity contribution in [1.29, 1.82) is 0 Å². The number of rotatable bonds is 9. The highest BCUT2D eigenvalue weighted by Gasteiger charge is 2.14. The molecule has 5 aromatic rings. The van der Waals surface area contributed by atoms with Crippen LogP contribution in [0, 0.1) is 0 Å². The minimum Gasteiger partial charge on any atom is -0.506 e. The van der Waals surface area contributed by atoms with Crippen LogP contribution in [0.15, 0.2) is 94.0 Å². The molecule has 3 N–H and O–H groups in total. The van der Waals surface area contributed by atoms with Crippen molar-refractivity contribution in [2.24, 2.45) is 10.2 Å². The van der Waals surface area contributed by atoms with Gasteiger partial charge in [0.15, 0.2) is 15.6 Å². The first kappa shape index (κ1) is 27.9. The Morgan fingerprint density at radius 2 is 1.63 bits per heavy atom. The fourth-order valence-electron chi connectivity index (χ4n) is 4.17. The smallest absolute Gasteiger partial charge is 0.231 e. The molecule has 0 radical (unpaired) electrons. The summed E-state index contributed by atoms with van der Waals surface area (Å²) < 4.78 is 24.5. The molecule has 0 aliphatic rings. The van der Waals surface area contributed by atoms with E-state index in [0.717, 1.165) is 10.9 Å². The molecular formula is C29H25ClN6O4S. The number of halogens is 1. The number of benzene rings is 4. The van der Waals surface area contributed by atoms with E-state index in [1.807, 2.05) is 25.1 Å². The Morgan fingerprint density at radius 1 is 0.878 bits per heavy atom. The predicted molar refractivity (Wildman–Crippen MR) is 158 cm³/mol. The van der Waals surface area contributed by atoms with Gasteiger partial charge in [0.05, 0.1) is 10.6 Å². The monoisotopic (exact) mass is 588 g/mol. The molecule has 12 heteroatoms. The number of azo groups is 1. The van der Waals surface area contributed by atoms with Crippen molar-refractivity contribution < 1.29 is 18.6 Å². The summed E-state index contributed by atoms with van der Waals surface area (Å²) in [6, 6.07) is 21.9. The van der Waals surface area contributed by atoms with Crippen molar-refractivity contribution in [3.8, 4) is 11.5 Å². The van der Waals surface area contributed by atoms with Gasteiger partial charge in [-0.05, 0) is 71.4 Å². The van der Waals surface area contributed by atoms with E-state index in [1.165, 1.54) is 6.07 Å². The maximum absolute atomic E-state index is 12.3. The maximum atomic E-state index is 12.3. The summed E-state index contributed by atoms with van der Waals surface area (Å²) in [5.41, 5.74) is 2.04. The van der Waals surface area contributed by atoms with Crippen molar-refractivity contribution >= 4 is 55.2 Å². The van der Waals surface area contributed by atoms with Crippen molar-refractivity contribution in [2.45, 2.75) is 24.7 Å². The summed E-state index contributed by atoms with van der Waals surface area (Å²) in [7, 11) is -3.31. The van der Waals surface area contributed by atoms with Crippen LogP contribution in [-0.2, 0) is 16.3 Å². The molecule has 5 rings (SSSR count). The number of aromatic hydroxyl groups is 2. The van der Waals surface area contributed by atoms with Gasteiger partial charge in [-0.15, -0.1) is 10.2 Å². The highest BCUT2D eigenvalue weighted by atomic mass is 35.5. The molecule has 0 spiro atoms. The Kier molecular flexibility index (Phi) is 8.09. The Hall–Kier alpha value is -4.61. The van der Waals surface area contributed by atoms with Gasteiger partial charge in [-0.25, -0.2) is 13.4 Å². The maximum Gasteiger partial charge on any atom is 0.231 e. The summed E-state index contributed by atoms with van der Waals surface area (Å²) in [4.78, 5) is 13.1. The number of nitrogens with zero attached hydrogens (tertiary/aromatic N) is 5. The standard InChI is InChI=1S/C29H25ClN6O4S/c1-2-15-41(39,40)21-11-9-20(10-12-21)31-29-33-26(32-28(30)34-29)17-18-7-13-22-19(16-18)8-14-24(27(22)38)36-35-23-5-3-4-6-25(23)37/h3-14,16,37-38H,2,15,17H2,1H3,(H,31,32,33,34). The van der Waals surface area contributed by atoms with Gasteiger partial charge < -0.3 is 15.5 Å². The van der Waals surface area contributed by atoms with Crippen LogP contribution in [0.1, 0.15) is 24.7 Å². The van der Waals surface area contributed by atoms with Gasteiger partial charge in [0.1, 0.15) is 22.9 Å². The quantitative estimate of drug-likeness (QED) is 0.155. The lowest BCUT2D eigenvalue weighted by atomic mass is 10.0. The van der Waals surface area contributed by atoms with Crippen LogP contribution in [0.5, 0.6) is 11.5 Å². The van der Waals surface area contributed by atoms with E-state index in [-0.39, 0.29) is 39.1 Å². The van der Waals surface area contributed by atoms with Crippen LogP contribution in [0.25, 0.3) is 10.8 Å². The van der Waals surface area contributed by atoms with Gasteiger partial charge in [0.2, 0.25) is 11.2 Å². The summed E-state index contributed by atoms with van der Waals surface area (Å²) in [6.45, 7) is 1.82. The minimum atomic E-state index is -3.31. The molecule has 4 aromatic carbocycles. The van der Waals surface area contributed by atoms with Gasteiger partial charge >= 0.3 is 0 Å². The zero-order valence-electron chi connectivity index (χ0n) is 21.9. The number of aromatic nitrogens is 3. The van der Waals surface area contributed by atoms with Gasteiger partial charge in [-0.3, -0.25) is 0 Å². The molecule has 0 saturated heterocycles. The summed E-state index contributed by atoms with van der Waals surface area (Å²) in [5, 5.41) is 33.2. The van der Waals surface area contributed by atoms with E-state index in [1.54, 1.807) is 54.6 Å². The number of phenolic OH excluding ortho intramolecular Hbond substituents is 2. The first-order valence-corrected chi connectivity index (χ1v) is 14.7. The molecule has 0 aliphatic carbocycles. The van der Waals surface area contributed by atoms with Crippen LogP contribution in [0.3, 0.4) is 0 Å². The minimum absolute atomic E-state index is 0.00581. The molecule has 0 unspecified atom stereocenters. The predicted octanol–water partition coefficient (Wildman–Crippen LogP) is 7.02. The van der Waals surface area contributed by atoms with Crippen LogP contribution < -0.4 is 5.32 Å². The van der Waals surface area contributed by atoms with Crippen LogP contribution in [0.2, 0.25) is 5.28 Å². The van der Waals surface area contributed by atoms with E-state index < -0.39 is 9.84 Å². The van der Waals surface area contributed by atoms with Crippen molar-refractivity contribution in [3.05, 3.63) is 95.5 Å². The average Bonchev–Trinajstić information content (AvgIpc) is 2.93. The van der Waals surface area contributed by atoms with Crippen molar-refractivity contribution in [3.63, 3.8) is 0 Å². The second kappa shape index (κ2) is 11.9. The van der Waals surface area contributed by atoms with Gasteiger partial charge in [-0.1, -0.05) is 43.3 Å². The average molecular weight is 589 g/mol. The molecule has 0 amide bonds. The van der Waals surface area contributed by atoms with Gasteiger partial charge in [-0.2, -0.15) is 9.97 Å². The number of phenols is 2. The van der Waals surface area contributed by atoms with E-state index in [4.69, 9.17) is 11.6 Å². The molecule has 0 atom stereocenters. The highest BCUT2D eigenvalue weighted by Crippen LogP contribution is 2.37. The first-order valence-electron chi connectivity index (χ1n) is 12.7. The zero-order chi connectivity index (χ0) is 29.0. The molecule has 0 bridgehead atoms. The fraction of sp³-hybridized carbons (Fsp3) is 0.138.